The fourth-order valence-electron chi connectivity index (χ4n) is 1.97. The third-order valence-electron chi connectivity index (χ3n) is 2.97. The van der Waals surface area contributed by atoms with Crippen LogP contribution in [0.3, 0.4) is 0 Å². The smallest absolute Gasteiger partial charge is 0.236 e. The van der Waals surface area contributed by atoms with Gasteiger partial charge in [0.15, 0.2) is 17.3 Å². The fraction of sp³-hybridized carbons (Fsp3) is 0.308. The molecule has 2 heterocycles. The number of hydrogen-bond donors (Lipinski definition) is 1. The molecule has 0 fully saturated rings. The summed E-state index contributed by atoms with van der Waals surface area (Å²) in [4.78, 5) is 0.690. The monoisotopic (exact) mass is 305 g/mol. The maximum atomic E-state index is 5.75. The highest BCUT2D eigenvalue weighted by Crippen LogP contribution is 2.27. The molecule has 0 aliphatic rings. The topological polar surface area (TPSA) is 87.6 Å². The second-order valence-electron chi connectivity index (χ2n) is 4.50. The Hall–Kier alpha value is -2.35. The SMILES string of the molecule is COc1cc(C)ccc1OCCc1nnc2sc(N)nn12. The van der Waals surface area contributed by atoms with Gasteiger partial charge in [0.25, 0.3) is 0 Å². The number of fused-ring (bicyclic) bond motifs is 1. The first-order valence-electron chi connectivity index (χ1n) is 6.41. The van der Waals surface area contributed by atoms with Crippen LogP contribution in [0, 0.1) is 6.92 Å². The van der Waals surface area contributed by atoms with Crippen LogP contribution in [-0.2, 0) is 6.42 Å². The molecule has 1 aromatic carbocycles. The fourth-order valence-corrected chi connectivity index (χ4v) is 2.60. The minimum Gasteiger partial charge on any atom is -0.493 e. The quantitative estimate of drug-likeness (QED) is 0.772. The van der Waals surface area contributed by atoms with E-state index >= 15 is 0 Å². The number of aryl methyl sites for hydroxylation is 1. The molecule has 0 saturated heterocycles. The van der Waals surface area contributed by atoms with E-state index in [1.54, 1.807) is 11.6 Å². The first-order valence-corrected chi connectivity index (χ1v) is 7.23. The molecule has 0 bridgehead atoms. The van der Waals surface area contributed by atoms with E-state index in [0.29, 0.717) is 28.9 Å². The summed E-state index contributed by atoms with van der Waals surface area (Å²) in [6.07, 6.45) is 0.585. The normalized spacial score (nSPS) is 11.0. The maximum absolute atomic E-state index is 5.75. The van der Waals surface area contributed by atoms with Crippen LogP contribution in [0.4, 0.5) is 5.13 Å². The summed E-state index contributed by atoms with van der Waals surface area (Å²) in [7, 11) is 1.63. The largest absolute Gasteiger partial charge is 0.493 e. The Balaban J connectivity index is 1.68. The van der Waals surface area contributed by atoms with E-state index in [1.165, 1.54) is 11.3 Å². The Labute approximate surface area is 125 Å². The molecule has 0 unspecified atom stereocenters. The van der Waals surface area contributed by atoms with Crippen molar-refractivity contribution in [3.63, 3.8) is 0 Å². The van der Waals surface area contributed by atoms with Crippen LogP contribution in [0.2, 0.25) is 0 Å². The molecule has 2 N–H and O–H groups in total. The summed E-state index contributed by atoms with van der Waals surface area (Å²) < 4.78 is 12.7. The van der Waals surface area contributed by atoms with Crippen LogP contribution < -0.4 is 15.2 Å². The van der Waals surface area contributed by atoms with Crippen LogP contribution in [0.25, 0.3) is 4.96 Å². The van der Waals surface area contributed by atoms with Gasteiger partial charge in [0, 0.05) is 6.42 Å². The summed E-state index contributed by atoms with van der Waals surface area (Å²) >= 11 is 1.31. The van der Waals surface area contributed by atoms with Crippen molar-refractivity contribution < 1.29 is 9.47 Å². The van der Waals surface area contributed by atoms with Crippen molar-refractivity contribution in [1.82, 2.24) is 19.8 Å². The van der Waals surface area contributed by atoms with Gasteiger partial charge >= 0.3 is 0 Å². The van der Waals surface area contributed by atoms with Gasteiger partial charge in [-0.15, -0.1) is 15.3 Å². The number of nitrogen functional groups attached to an aromatic ring is 1. The van der Waals surface area contributed by atoms with Crippen molar-refractivity contribution in [3.05, 3.63) is 29.6 Å². The molecule has 3 aromatic rings. The molecule has 110 valence electrons. The minimum absolute atomic E-state index is 0.456. The van der Waals surface area contributed by atoms with E-state index < -0.39 is 0 Å². The van der Waals surface area contributed by atoms with E-state index in [9.17, 15) is 0 Å². The van der Waals surface area contributed by atoms with Crippen molar-refractivity contribution in [2.45, 2.75) is 13.3 Å². The van der Waals surface area contributed by atoms with Gasteiger partial charge in [0.05, 0.1) is 13.7 Å². The van der Waals surface area contributed by atoms with Crippen LogP contribution >= 0.6 is 11.3 Å². The standard InChI is InChI=1S/C13H15N5O2S/c1-8-3-4-9(10(7-8)19-2)20-6-5-11-15-16-13-18(11)17-12(14)21-13/h3-4,7H,5-6H2,1-2H3,(H2,14,17). The molecule has 0 aliphatic carbocycles. The third-order valence-corrected chi connectivity index (χ3v) is 3.70. The summed E-state index contributed by atoms with van der Waals surface area (Å²) in [5.41, 5.74) is 6.77. The Morgan fingerprint density at radius 3 is 2.95 bits per heavy atom. The molecule has 3 rings (SSSR count). The van der Waals surface area contributed by atoms with Gasteiger partial charge in [-0.25, -0.2) is 0 Å². The van der Waals surface area contributed by atoms with Gasteiger partial charge in [0.2, 0.25) is 10.1 Å². The highest BCUT2D eigenvalue weighted by molar-refractivity contribution is 7.20. The van der Waals surface area contributed by atoms with Crippen molar-refractivity contribution in [3.8, 4) is 11.5 Å². The average molecular weight is 305 g/mol. The third kappa shape index (κ3) is 2.75. The van der Waals surface area contributed by atoms with Gasteiger partial charge < -0.3 is 15.2 Å². The van der Waals surface area contributed by atoms with Gasteiger partial charge in [-0.3, -0.25) is 0 Å². The molecule has 0 amide bonds. The van der Waals surface area contributed by atoms with Crippen LogP contribution in [0.1, 0.15) is 11.4 Å². The molecule has 21 heavy (non-hydrogen) atoms. The average Bonchev–Trinajstić information content (AvgIpc) is 3.00. The first-order chi connectivity index (χ1) is 10.2. The number of hydrogen-bond acceptors (Lipinski definition) is 7. The van der Waals surface area contributed by atoms with Crippen molar-refractivity contribution in [1.29, 1.82) is 0 Å². The van der Waals surface area contributed by atoms with Crippen LogP contribution in [0.15, 0.2) is 18.2 Å². The molecule has 0 radical (unpaired) electrons. The summed E-state index contributed by atoms with van der Waals surface area (Å²) in [6.45, 7) is 2.46. The lowest BCUT2D eigenvalue weighted by molar-refractivity contribution is 0.294. The number of aromatic nitrogens is 4. The van der Waals surface area contributed by atoms with E-state index in [1.807, 2.05) is 25.1 Å². The number of nitrogens with two attached hydrogens (primary N) is 1. The van der Waals surface area contributed by atoms with E-state index in [-0.39, 0.29) is 0 Å². The van der Waals surface area contributed by atoms with Crippen LogP contribution in [-0.4, -0.2) is 33.5 Å². The van der Waals surface area contributed by atoms with Gasteiger partial charge in [-0.2, -0.15) is 4.52 Å². The predicted octanol–water partition coefficient (Wildman–Crippen LogP) is 1.71. The predicted molar refractivity (Wildman–Crippen MR) is 80.0 cm³/mol. The highest BCUT2D eigenvalue weighted by Gasteiger charge is 2.11. The number of benzene rings is 1. The molecule has 0 spiro atoms. The van der Waals surface area contributed by atoms with Gasteiger partial charge in [0.1, 0.15) is 0 Å². The van der Waals surface area contributed by atoms with E-state index in [4.69, 9.17) is 15.2 Å². The minimum atomic E-state index is 0.456. The molecular weight excluding hydrogens is 290 g/mol. The number of nitrogens with zero attached hydrogens (tertiary/aromatic N) is 4. The zero-order valence-electron chi connectivity index (χ0n) is 11.7. The zero-order chi connectivity index (χ0) is 14.8. The molecule has 8 heteroatoms. The molecular formula is C13H15N5O2S. The van der Waals surface area contributed by atoms with Crippen molar-refractivity contribution in [2.24, 2.45) is 0 Å². The lowest BCUT2D eigenvalue weighted by atomic mass is 10.2. The van der Waals surface area contributed by atoms with Crippen molar-refractivity contribution >= 4 is 21.4 Å². The first kappa shape index (κ1) is 13.6. The lowest BCUT2D eigenvalue weighted by Crippen LogP contribution is -2.06. The number of methoxy groups -OCH3 is 1. The summed E-state index contributed by atoms with van der Waals surface area (Å²) in [5, 5.41) is 12.7. The Bertz CT molecular complexity index is 767. The lowest BCUT2D eigenvalue weighted by Gasteiger charge is -2.10. The summed E-state index contributed by atoms with van der Waals surface area (Å²) in [6, 6.07) is 5.81. The maximum Gasteiger partial charge on any atom is 0.236 e. The molecule has 0 aliphatic heterocycles. The Kier molecular flexibility index (Phi) is 3.61. The molecule has 0 atom stereocenters. The van der Waals surface area contributed by atoms with Gasteiger partial charge in [-0.05, 0) is 24.6 Å². The van der Waals surface area contributed by atoms with Crippen molar-refractivity contribution in [2.75, 3.05) is 19.5 Å². The number of ether oxygens (including phenoxy) is 2. The highest BCUT2D eigenvalue weighted by atomic mass is 32.1. The molecule has 0 saturated carbocycles. The Morgan fingerprint density at radius 2 is 2.14 bits per heavy atom. The molecule has 2 aromatic heterocycles. The Morgan fingerprint density at radius 1 is 1.29 bits per heavy atom. The molecule has 7 nitrogen and oxygen atoms in total. The number of rotatable bonds is 5. The summed E-state index contributed by atoms with van der Waals surface area (Å²) in [5.74, 6) is 2.16. The van der Waals surface area contributed by atoms with E-state index in [2.05, 4.69) is 15.3 Å². The van der Waals surface area contributed by atoms with Crippen LogP contribution in [0.5, 0.6) is 11.5 Å². The van der Waals surface area contributed by atoms with Gasteiger partial charge in [-0.1, -0.05) is 17.4 Å². The zero-order valence-corrected chi connectivity index (χ0v) is 12.6. The second-order valence-corrected chi connectivity index (χ2v) is 5.49. The number of anilines is 1. The second kappa shape index (κ2) is 5.57. The van der Waals surface area contributed by atoms with E-state index in [0.717, 1.165) is 17.1 Å².